The molecule has 0 radical (unpaired) electrons. The molecule has 18 N–H and O–H groups in total. The third-order valence-electron chi connectivity index (χ3n) is 0. The Bertz CT molecular complexity index is 4.69. The molecule has 0 aromatic carbocycles. The molecule has 9 nitrogen and oxygen atoms in total. The van der Waals surface area contributed by atoms with Crippen LogP contribution in [0.15, 0.2) is 0 Å². The van der Waals surface area contributed by atoms with Gasteiger partial charge in [0, 0.05) is 0 Å². The Morgan fingerprint density at radius 1 is 0.200 bits per heavy atom. The van der Waals surface area contributed by atoms with E-state index in [-0.39, 0.29) is 72.3 Å². The molecule has 0 heterocycles. The summed E-state index contributed by atoms with van der Waals surface area (Å²) in [6.45, 7) is 0. The molecule has 0 rings (SSSR count). The normalized spacial score (nSPS) is 0. The van der Waals surface area contributed by atoms with Crippen molar-refractivity contribution in [1.82, 2.24) is 0 Å². The van der Waals surface area contributed by atoms with Crippen LogP contribution in [-0.2, 0) is 0 Å². The minimum atomic E-state index is 0. The van der Waals surface area contributed by atoms with Gasteiger partial charge in [-0.25, -0.2) is 0 Å². The van der Waals surface area contributed by atoms with Gasteiger partial charge in [0.25, 0.3) is 0 Å². The monoisotopic (exact) mass is 188 g/mol. The maximum absolute atomic E-state index is 0. The molecular formula is H20MgO9. The van der Waals surface area contributed by atoms with Gasteiger partial charge >= 0.3 is 23.1 Å². The average molecular weight is 188 g/mol. The van der Waals surface area contributed by atoms with E-state index in [1.807, 2.05) is 0 Å². The molecule has 0 saturated carbocycles. The van der Waals surface area contributed by atoms with Crippen LogP contribution >= 0.6 is 0 Å². The van der Waals surface area contributed by atoms with Crippen LogP contribution in [0.25, 0.3) is 0 Å². The quantitative estimate of drug-likeness (QED) is 0.320. The van der Waals surface area contributed by atoms with Crippen LogP contribution < -0.4 is 0 Å². The summed E-state index contributed by atoms with van der Waals surface area (Å²) in [5.41, 5.74) is 0. The molecule has 0 spiro atoms. The van der Waals surface area contributed by atoms with E-state index in [2.05, 4.69) is 0 Å². The minimum absolute atomic E-state index is 0. The summed E-state index contributed by atoms with van der Waals surface area (Å²) in [6.07, 6.45) is 0. The zero-order valence-electron chi connectivity index (χ0n) is 4.50. The standard InChI is InChI=1S/Mg.9H2O.2H/h;9*1H2;;. The van der Waals surface area contributed by atoms with Gasteiger partial charge in [0.2, 0.25) is 0 Å². The summed E-state index contributed by atoms with van der Waals surface area (Å²) in [5.74, 6) is 0. The van der Waals surface area contributed by atoms with Crippen molar-refractivity contribution in [1.29, 1.82) is 0 Å². The highest BCUT2D eigenvalue weighted by Gasteiger charge is 0.316. The van der Waals surface area contributed by atoms with Gasteiger partial charge in [-0.2, -0.15) is 0 Å². The SMILES string of the molecule is O.O.O.O.O.O.O.O.O.[MgH2]. The second-order valence-corrected chi connectivity index (χ2v) is 0. The summed E-state index contributed by atoms with van der Waals surface area (Å²) in [5, 5.41) is 0. The first-order valence-corrected chi connectivity index (χ1v) is 0. The maximum Gasteiger partial charge on any atom is 0.316 e. The van der Waals surface area contributed by atoms with Gasteiger partial charge < -0.3 is 49.3 Å². The van der Waals surface area contributed by atoms with E-state index in [0.717, 1.165) is 0 Å². The molecule has 0 bridgehead atoms. The van der Waals surface area contributed by atoms with Crippen molar-refractivity contribution in [2.24, 2.45) is 0 Å². The van der Waals surface area contributed by atoms with Gasteiger partial charge in [-0.3, -0.25) is 0 Å². The van der Waals surface area contributed by atoms with Crippen molar-refractivity contribution in [3.05, 3.63) is 0 Å². The van der Waals surface area contributed by atoms with Crippen molar-refractivity contribution in [3.8, 4) is 0 Å². The molecule has 0 aliphatic rings. The summed E-state index contributed by atoms with van der Waals surface area (Å²) in [6, 6.07) is 0. The second kappa shape index (κ2) is 4030. The maximum atomic E-state index is 0. The van der Waals surface area contributed by atoms with Crippen LogP contribution in [0, 0.1) is 0 Å². The summed E-state index contributed by atoms with van der Waals surface area (Å²) in [4.78, 5) is 0. The van der Waals surface area contributed by atoms with Crippen LogP contribution in [0.1, 0.15) is 0 Å². The van der Waals surface area contributed by atoms with Gasteiger partial charge in [-0.05, 0) is 0 Å². The third-order valence-corrected chi connectivity index (χ3v) is 0. The number of rotatable bonds is 0. The van der Waals surface area contributed by atoms with Gasteiger partial charge in [0.1, 0.15) is 0 Å². The van der Waals surface area contributed by atoms with Crippen LogP contribution in [0.5, 0.6) is 0 Å². The Balaban J connectivity index is 0. The summed E-state index contributed by atoms with van der Waals surface area (Å²) < 4.78 is 0. The van der Waals surface area contributed by atoms with E-state index in [1.54, 1.807) is 0 Å². The lowest BCUT2D eigenvalue weighted by Crippen LogP contribution is -0.381. The molecule has 0 aliphatic carbocycles. The molecule has 0 amide bonds. The lowest BCUT2D eigenvalue weighted by atomic mass is 16.0. The Hall–Kier alpha value is 0.406. The second-order valence-electron chi connectivity index (χ2n) is 0. The first-order chi connectivity index (χ1) is 0. The van der Waals surface area contributed by atoms with Crippen LogP contribution in [0.2, 0.25) is 0 Å². The average Bonchev–Trinajstić information content (AvgIpc) is 0. The molecule has 0 aromatic rings. The Labute approximate surface area is 73.0 Å². The van der Waals surface area contributed by atoms with E-state index >= 15 is 0 Å². The van der Waals surface area contributed by atoms with Crippen LogP contribution in [-0.4, -0.2) is 72.3 Å². The molecule has 0 atom stereocenters. The Morgan fingerprint density at radius 3 is 0.200 bits per heavy atom. The van der Waals surface area contributed by atoms with Gasteiger partial charge in [-0.1, -0.05) is 0 Å². The van der Waals surface area contributed by atoms with E-state index in [0.29, 0.717) is 0 Å². The molecule has 10 heavy (non-hydrogen) atoms. The van der Waals surface area contributed by atoms with Crippen molar-refractivity contribution in [2.75, 3.05) is 0 Å². The summed E-state index contributed by atoms with van der Waals surface area (Å²) in [7, 11) is 0. The highest BCUT2D eigenvalue weighted by atomic mass is 24.3. The van der Waals surface area contributed by atoms with Gasteiger partial charge in [0.05, 0.1) is 0 Å². The summed E-state index contributed by atoms with van der Waals surface area (Å²) >= 11 is 0. The predicted molar refractivity (Wildman–Crippen MR) is 41.1 cm³/mol. The highest BCUT2D eigenvalue weighted by molar-refractivity contribution is 5.75. The molecule has 0 aliphatic heterocycles. The largest absolute Gasteiger partial charge is 0.412 e. The molecule has 0 aromatic heterocycles. The topological polar surface area (TPSA) is 284 Å². The zero-order chi connectivity index (χ0) is 0. The predicted octanol–water partition coefficient (Wildman–Crippen LogP) is -8.34. The minimum Gasteiger partial charge on any atom is -0.412 e. The molecule has 76 valence electrons. The van der Waals surface area contributed by atoms with Crippen molar-refractivity contribution < 1.29 is 49.3 Å². The molecule has 10 heteroatoms. The van der Waals surface area contributed by atoms with Crippen LogP contribution in [0.3, 0.4) is 0 Å². The lowest BCUT2D eigenvalue weighted by Gasteiger charge is -0.413. The van der Waals surface area contributed by atoms with Crippen molar-refractivity contribution in [2.45, 2.75) is 0 Å². The molecule has 0 saturated heterocycles. The Kier molecular flexibility index (Phi) is 2250000. The van der Waals surface area contributed by atoms with Crippen molar-refractivity contribution in [3.63, 3.8) is 0 Å². The van der Waals surface area contributed by atoms with Gasteiger partial charge in [-0.15, -0.1) is 0 Å². The van der Waals surface area contributed by atoms with Crippen molar-refractivity contribution >= 4 is 23.1 Å². The molecular weight excluding hydrogens is 168 g/mol. The van der Waals surface area contributed by atoms with Gasteiger partial charge in [0.15, 0.2) is 0 Å². The zero-order valence-corrected chi connectivity index (χ0v) is 4.50. The smallest absolute Gasteiger partial charge is 0.316 e. The fourth-order valence-corrected chi connectivity index (χ4v) is 0. The number of hydrogen-bond acceptors (Lipinski definition) is 0. The first-order valence-electron chi connectivity index (χ1n) is 0. The van der Waals surface area contributed by atoms with E-state index in [9.17, 15) is 0 Å². The Morgan fingerprint density at radius 2 is 0.200 bits per heavy atom. The van der Waals surface area contributed by atoms with Crippen LogP contribution in [0.4, 0.5) is 0 Å². The van der Waals surface area contributed by atoms with E-state index in [4.69, 9.17) is 0 Å². The fraction of sp³-hybridized carbons (Fsp3) is 0. The first kappa shape index (κ1) is 5580. The molecule has 0 fully saturated rings. The fourth-order valence-electron chi connectivity index (χ4n) is 0. The third kappa shape index (κ3) is 2790. The van der Waals surface area contributed by atoms with E-state index < -0.39 is 0 Å². The van der Waals surface area contributed by atoms with E-state index in [1.165, 1.54) is 0 Å². The highest BCUT2D eigenvalue weighted by Crippen LogP contribution is -0.281. The molecule has 0 unspecified atom stereocenters. The lowest BCUT2D eigenvalue weighted by molar-refractivity contribution is 0.823. The number of hydrogen-bond donors (Lipinski definition) is 0.